The van der Waals surface area contributed by atoms with Gasteiger partial charge in [-0.1, -0.05) is 5.16 Å². The Balaban J connectivity index is 1.83. The summed E-state index contributed by atoms with van der Waals surface area (Å²) in [4.78, 5) is 4.32. The smallest absolute Gasteiger partial charge is 0.244 e. The zero-order valence-corrected chi connectivity index (χ0v) is 9.28. The Morgan fingerprint density at radius 1 is 1.56 bits per heavy atom. The Bertz CT molecular complexity index is 468. The van der Waals surface area contributed by atoms with Crippen LogP contribution in [0.4, 0.5) is 0 Å². The first-order chi connectivity index (χ1) is 7.83. The predicted octanol–water partition coefficient (Wildman–Crippen LogP) is 1.19. The third-order valence-corrected chi connectivity index (χ3v) is 3.31. The molecule has 0 radical (unpaired) electrons. The molecule has 3 heterocycles. The lowest BCUT2D eigenvalue weighted by Crippen LogP contribution is -2.15. The molecule has 0 aromatic carbocycles. The van der Waals surface area contributed by atoms with Crippen molar-refractivity contribution in [1.82, 2.24) is 15.5 Å². The number of thiophene rings is 1. The number of hydrogen-bond acceptors (Lipinski definition) is 6. The molecule has 0 unspecified atom stereocenters. The van der Waals surface area contributed by atoms with E-state index in [1.165, 1.54) is 0 Å². The summed E-state index contributed by atoms with van der Waals surface area (Å²) in [7, 11) is 0. The van der Waals surface area contributed by atoms with Gasteiger partial charge in [-0.3, -0.25) is 0 Å². The molecular weight excluding hydrogens is 226 g/mol. The molecule has 2 atom stereocenters. The molecule has 0 spiro atoms. The molecule has 5 nitrogen and oxygen atoms in total. The van der Waals surface area contributed by atoms with E-state index in [0.29, 0.717) is 24.7 Å². The minimum atomic E-state index is -0.318. The first-order valence-electron chi connectivity index (χ1n) is 5.10. The van der Waals surface area contributed by atoms with E-state index in [9.17, 15) is 5.11 Å². The van der Waals surface area contributed by atoms with E-state index in [2.05, 4.69) is 15.5 Å². The molecule has 2 N–H and O–H groups in total. The Morgan fingerprint density at radius 3 is 3.19 bits per heavy atom. The van der Waals surface area contributed by atoms with Crippen LogP contribution in [-0.4, -0.2) is 27.9 Å². The van der Waals surface area contributed by atoms with Crippen molar-refractivity contribution in [2.45, 2.75) is 18.6 Å². The van der Waals surface area contributed by atoms with Crippen LogP contribution < -0.4 is 5.32 Å². The van der Waals surface area contributed by atoms with Crippen molar-refractivity contribution in [2.24, 2.45) is 0 Å². The zero-order chi connectivity index (χ0) is 11.0. The van der Waals surface area contributed by atoms with Crippen LogP contribution in [0.25, 0.3) is 11.4 Å². The van der Waals surface area contributed by atoms with Crippen LogP contribution in [0.3, 0.4) is 0 Å². The summed E-state index contributed by atoms with van der Waals surface area (Å²) in [5.74, 6) is 1.16. The van der Waals surface area contributed by atoms with E-state index < -0.39 is 0 Å². The fourth-order valence-electron chi connectivity index (χ4n) is 1.79. The van der Waals surface area contributed by atoms with Gasteiger partial charge in [0.25, 0.3) is 0 Å². The number of rotatable bonds is 2. The van der Waals surface area contributed by atoms with Gasteiger partial charge in [-0.15, -0.1) is 0 Å². The highest BCUT2D eigenvalue weighted by atomic mass is 32.1. The second-order valence-electron chi connectivity index (χ2n) is 3.82. The second kappa shape index (κ2) is 3.97. The lowest BCUT2D eigenvalue weighted by atomic mass is 10.2. The summed E-state index contributed by atoms with van der Waals surface area (Å²) >= 11 is 1.60. The van der Waals surface area contributed by atoms with E-state index >= 15 is 0 Å². The second-order valence-corrected chi connectivity index (χ2v) is 4.60. The maximum atomic E-state index is 9.40. The number of aliphatic hydroxyl groups excluding tert-OH is 1. The molecule has 84 valence electrons. The quantitative estimate of drug-likeness (QED) is 0.821. The molecule has 1 aliphatic heterocycles. The van der Waals surface area contributed by atoms with Crippen molar-refractivity contribution in [1.29, 1.82) is 0 Å². The zero-order valence-electron chi connectivity index (χ0n) is 8.46. The summed E-state index contributed by atoms with van der Waals surface area (Å²) in [5, 5.41) is 20.4. The third kappa shape index (κ3) is 1.75. The van der Waals surface area contributed by atoms with Gasteiger partial charge >= 0.3 is 0 Å². The lowest BCUT2D eigenvalue weighted by molar-refractivity contribution is 0.191. The van der Waals surface area contributed by atoms with E-state index in [4.69, 9.17) is 4.52 Å². The molecule has 2 aromatic rings. The lowest BCUT2D eigenvalue weighted by Gasteiger charge is -2.01. The molecule has 0 aliphatic carbocycles. The van der Waals surface area contributed by atoms with Gasteiger partial charge in [0.1, 0.15) is 0 Å². The van der Waals surface area contributed by atoms with Gasteiger partial charge in [0, 0.05) is 17.5 Å². The number of hydrogen-bond donors (Lipinski definition) is 2. The molecule has 2 aromatic heterocycles. The predicted molar refractivity (Wildman–Crippen MR) is 59.0 cm³/mol. The first kappa shape index (κ1) is 9.95. The fourth-order valence-corrected chi connectivity index (χ4v) is 2.43. The van der Waals surface area contributed by atoms with Crippen LogP contribution in [0.2, 0.25) is 0 Å². The number of aliphatic hydroxyl groups is 1. The van der Waals surface area contributed by atoms with Gasteiger partial charge < -0.3 is 14.9 Å². The van der Waals surface area contributed by atoms with E-state index in [0.717, 1.165) is 5.56 Å². The number of nitrogens with one attached hydrogen (secondary N) is 1. The number of nitrogens with zero attached hydrogens (tertiary/aromatic N) is 2. The fraction of sp³-hybridized carbons (Fsp3) is 0.400. The van der Waals surface area contributed by atoms with Crippen molar-refractivity contribution in [2.75, 3.05) is 6.54 Å². The highest BCUT2D eigenvalue weighted by Crippen LogP contribution is 2.25. The standard InChI is InChI=1S/C10H11N3O2S/c14-7-3-8(11-4-7)10-12-9(13-15-10)6-1-2-16-5-6/h1-2,5,7-8,11,14H,3-4H2/t7-,8+/m1/s1. The average molecular weight is 237 g/mol. The van der Waals surface area contributed by atoms with Gasteiger partial charge in [0.15, 0.2) is 0 Å². The van der Waals surface area contributed by atoms with Gasteiger partial charge in [-0.05, 0) is 17.9 Å². The van der Waals surface area contributed by atoms with E-state index in [1.807, 2.05) is 16.8 Å². The maximum Gasteiger partial charge on any atom is 0.244 e. The van der Waals surface area contributed by atoms with Crippen molar-refractivity contribution in [3.05, 3.63) is 22.7 Å². The molecule has 1 fully saturated rings. The highest BCUT2D eigenvalue weighted by molar-refractivity contribution is 7.08. The molecule has 16 heavy (non-hydrogen) atoms. The summed E-state index contributed by atoms with van der Waals surface area (Å²) in [5.41, 5.74) is 0.971. The largest absolute Gasteiger partial charge is 0.392 e. The van der Waals surface area contributed by atoms with Crippen LogP contribution in [0.15, 0.2) is 21.3 Å². The summed E-state index contributed by atoms with van der Waals surface area (Å²) in [6, 6.07) is 1.94. The Hall–Kier alpha value is -1.24. The van der Waals surface area contributed by atoms with Gasteiger partial charge in [-0.2, -0.15) is 16.3 Å². The Morgan fingerprint density at radius 2 is 2.50 bits per heavy atom. The van der Waals surface area contributed by atoms with Crippen LogP contribution >= 0.6 is 11.3 Å². The topological polar surface area (TPSA) is 71.2 Å². The van der Waals surface area contributed by atoms with Crippen molar-refractivity contribution >= 4 is 11.3 Å². The molecule has 1 aliphatic rings. The molecule has 6 heteroatoms. The maximum absolute atomic E-state index is 9.40. The van der Waals surface area contributed by atoms with Gasteiger partial charge in [-0.25, -0.2) is 0 Å². The van der Waals surface area contributed by atoms with E-state index in [-0.39, 0.29) is 12.1 Å². The third-order valence-electron chi connectivity index (χ3n) is 2.63. The molecule has 1 saturated heterocycles. The minimum absolute atomic E-state index is 0.0186. The SMILES string of the molecule is O[C@H]1CN[C@H](c2nc(-c3ccsc3)no2)C1. The van der Waals surface area contributed by atoms with Crippen LogP contribution in [-0.2, 0) is 0 Å². The molecule has 3 rings (SSSR count). The summed E-state index contributed by atoms with van der Waals surface area (Å²) in [6.07, 6.45) is 0.312. The number of β-amino-alcohol motifs (C(OH)–C–C–N with tert-alkyl or cyclic N) is 1. The monoisotopic (exact) mass is 237 g/mol. The van der Waals surface area contributed by atoms with Crippen LogP contribution in [0.5, 0.6) is 0 Å². The van der Waals surface area contributed by atoms with E-state index in [1.54, 1.807) is 11.3 Å². The van der Waals surface area contributed by atoms with Crippen molar-refractivity contribution in [3.8, 4) is 11.4 Å². The Labute approximate surface area is 96.1 Å². The summed E-state index contributed by atoms with van der Waals surface area (Å²) in [6.45, 7) is 0.584. The Kier molecular flexibility index (Phi) is 2.47. The van der Waals surface area contributed by atoms with Crippen molar-refractivity contribution in [3.63, 3.8) is 0 Å². The normalized spacial score (nSPS) is 25.1. The average Bonchev–Trinajstić information content (AvgIpc) is 2.97. The van der Waals surface area contributed by atoms with Gasteiger partial charge in [0.05, 0.1) is 12.1 Å². The highest BCUT2D eigenvalue weighted by Gasteiger charge is 2.28. The molecule has 0 bridgehead atoms. The molecule has 0 amide bonds. The van der Waals surface area contributed by atoms with Crippen LogP contribution in [0, 0.1) is 0 Å². The molecular formula is C10H11N3O2S. The molecule has 0 saturated carbocycles. The number of aromatic nitrogens is 2. The van der Waals surface area contributed by atoms with Gasteiger partial charge in [0.2, 0.25) is 11.7 Å². The first-order valence-corrected chi connectivity index (χ1v) is 6.05. The van der Waals surface area contributed by atoms with Crippen molar-refractivity contribution < 1.29 is 9.63 Å². The minimum Gasteiger partial charge on any atom is -0.392 e. The van der Waals surface area contributed by atoms with Crippen LogP contribution in [0.1, 0.15) is 18.4 Å². The summed E-state index contributed by atoms with van der Waals surface area (Å²) < 4.78 is 5.19.